The van der Waals surface area contributed by atoms with Gasteiger partial charge < -0.3 is 29.9 Å². The monoisotopic (exact) mass is 531 g/mol. The number of benzene rings is 2. The number of hydrogen-bond donors (Lipinski definition) is 3. The zero-order valence-corrected chi connectivity index (χ0v) is 23.3. The van der Waals surface area contributed by atoms with Gasteiger partial charge in [-0.2, -0.15) is 0 Å². The summed E-state index contributed by atoms with van der Waals surface area (Å²) in [4.78, 5) is 20.8. The standard InChI is InChI=1S/C31H41N5O3/c1-22-25(12-9-13-26(22)39-3)33-17-15-24-20-32-18-19-35(24)30(37)28-29(23-10-5-4-6-11-23)36(21-34-28)27-14-7-8-16-31(27,2)38/h4-6,9-13,21,24,27,32-33,38H,7-8,14-20H2,1-3H3/t24-,27-,31+/m1/s1. The summed E-state index contributed by atoms with van der Waals surface area (Å²) in [6, 6.07) is 15.9. The molecule has 2 fully saturated rings. The van der Waals surface area contributed by atoms with E-state index in [4.69, 9.17) is 9.72 Å². The molecule has 3 aromatic rings. The molecule has 2 heterocycles. The van der Waals surface area contributed by atoms with Gasteiger partial charge in [-0.15, -0.1) is 0 Å². The number of aliphatic hydroxyl groups is 1. The number of aromatic nitrogens is 2. The number of methoxy groups -OCH3 is 1. The van der Waals surface area contributed by atoms with Crippen LogP contribution in [0.2, 0.25) is 0 Å². The van der Waals surface area contributed by atoms with Crippen LogP contribution in [0.15, 0.2) is 54.9 Å². The van der Waals surface area contributed by atoms with Crippen molar-refractivity contribution >= 4 is 11.6 Å². The number of imidazole rings is 1. The fraction of sp³-hybridized carbons (Fsp3) is 0.484. The highest BCUT2D eigenvalue weighted by molar-refractivity contribution is 5.98. The Morgan fingerprint density at radius 1 is 1.21 bits per heavy atom. The van der Waals surface area contributed by atoms with Crippen molar-refractivity contribution in [3.05, 3.63) is 66.1 Å². The Morgan fingerprint density at radius 3 is 2.79 bits per heavy atom. The lowest BCUT2D eigenvalue weighted by molar-refractivity contribution is -0.0243. The van der Waals surface area contributed by atoms with Crippen LogP contribution in [0.5, 0.6) is 5.75 Å². The molecule has 1 saturated carbocycles. The number of nitrogens with zero attached hydrogens (tertiary/aromatic N) is 3. The molecule has 8 nitrogen and oxygen atoms in total. The van der Waals surface area contributed by atoms with E-state index in [9.17, 15) is 9.90 Å². The topological polar surface area (TPSA) is 91.7 Å². The van der Waals surface area contributed by atoms with Gasteiger partial charge in [0.25, 0.3) is 5.91 Å². The predicted octanol–water partition coefficient (Wildman–Crippen LogP) is 4.65. The first-order chi connectivity index (χ1) is 18.9. The maximum atomic E-state index is 14.2. The lowest BCUT2D eigenvalue weighted by Gasteiger charge is -2.39. The lowest BCUT2D eigenvalue weighted by Crippen LogP contribution is -2.54. The van der Waals surface area contributed by atoms with Crippen molar-refractivity contribution in [2.45, 2.75) is 63.6 Å². The largest absolute Gasteiger partial charge is 0.496 e. The third-order valence-electron chi connectivity index (χ3n) is 8.42. The smallest absolute Gasteiger partial charge is 0.275 e. The van der Waals surface area contributed by atoms with Crippen molar-refractivity contribution in [3.63, 3.8) is 0 Å². The fourth-order valence-corrected chi connectivity index (χ4v) is 6.20. The molecule has 0 spiro atoms. The van der Waals surface area contributed by atoms with Gasteiger partial charge in [-0.3, -0.25) is 4.79 Å². The summed E-state index contributed by atoms with van der Waals surface area (Å²) < 4.78 is 7.52. The van der Waals surface area contributed by atoms with Gasteiger partial charge in [-0.1, -0.05) is 49.2 Å². The molecular weight excluding hydrogens is 490 g/mol. The Morgan fingerprint density at radius 2 is 2.03 bits per heavy atom. The first-order valence-corrected chi connectivity index (χ1v) is 14.1. The zero-order chi connectivity index (χ0) is 27.4. The summed E-state index contributed by atoms with van der Waals surface area (Å²) >= 11 is 0. The second-order valence-electron chi connectivity index (χ2n) is 11.0. The number of amides is 1. The molecule has 8 heteroatoms. The molecule has 1 saturated heterocycles. The second kappa shape index (κ2) is 11.8. The minimum Gasteiger partial charge on any atom is -0.496 e. The van der Waals surface area contributed by atoms with Gasteiger partial charge in [-0.05, 0) is 45.2 Å². The maximum Gasteiger partial charge on any atom is 0.275 e. The first-order valence-electron chi connectivity index (χ1n) is 14.1. The van der Waals surface area contributed by atoms with Crippen molar-refractivity contribution in [1.82, 2.24) is 19.8 Å². The fourth-order valence-electron chi connectivity index (χ4n) is 6.20. The zero-order valence-electron chi connectivity index (χ0n) is 23.3. The van der Waals surface area contributed by atoms with Crippen LogP contribution in [0.3, 0.4) is 0 Å². The van der Waals surface area contributed by atoms with E-state index >= 15 is 0 Å². The van der Waals surface area contributed by atoms with E-state index in [1.54, 1.807) is 13.4 Å². The average Bonchev–Trinajstić information content (AvgIpc) is 3.39. The molecule has 2 aromatic carbocycles. The number of rotatable bonds is 8. The molecule has 1 amide bonds. The highest BCUT2D eigenvalue weighted by Crippen LogP contribution is 2.40. The van der Waals surface area contributed by atoms with Crippen LogP contribution in [0.1, 0.15) is 61.1 Å². The molecular formula is C31H41N5O3. The molecule has 1 aromatic heterocycles. The average molecular weight is 532 g/mol. The van der Waals surface area contributed by atoms with Crippen molar-refractivity contribution in [2.75, 3.05) is 38.6 Å². The number of carbonyl (C=O) groups excluding carboxylic acids is 1. The number of piperazine rings is 1. The maximum absolute atomic E-state index is 14.2. The van der Waals surface area contributed by atoms with Gasteiger partial charge in [0, 0.05) is 49.0 Å². The number of hydrogen-bond acceptors (Lipinski definition) is 6. The van der Waals surface area contributed by atoms with Crippen LogP contribution < -0.4 is 15.4 Å². The van der Waals surface area contributed by atoms with E-state index < -0.39 is 5.60 Å². The third-order valence-corrected chi connectivity index (χ3v) is 8.42. The van der Waals surface area contributed by atoms with Crippen molar-refractivity contribution in [1.29, 1.82) is 0 Å². The van der Waals surface area contributed by atoms with Crippen molar-refractivity contribution < 1.29 is 14.6 Å². The van der Waals surface area contributed by atoms with Crippen LogP contribution in [-0.4, -0.2) is 70.4 Å². The number of anilines is 1. The Labute approximate surface area is 231 Å². The molecule has 0 radical (unpaired) electrons. The molecule has 39 heavy (non-hydrogen) atoms. The highest BCUT2D eigenvalue weighted by atomic mass is 16.5. The molecule has 0 bridgehead atoms. The Kier molecular flexibility index (Phi) is 8.23. The van der Waals surface area contributed by atoms with Gasteiger partial charge >= 0.3 is 0 Å². The highest BCUT2D eigenvalue weighted by Gasteiger charge is 2.39. The lowest BCUT2D eigenvalue weighted by atomic mass is 9.81. The Hall–Kier alpha value is -3.36. The van der Waals surface area contributed by atoms with E-state index in [0.717, 1.165) is 80.0 Å². The van der Waals surface area contributed by atoms with Crippen LogP contribution in [-0.2, 0) is 0 Å². The molecule has 1 aliphatic carbocycles. The van der Waals surface area contributed by atoms with Gasteiger partial charge in [0.1, 0.15) is 5.75 Å². The van der Waals surface area contributed by atoms with Gasteiger partial charge in [-0.25, -0.2) is 4.98 Å². The predicted molar refractivity (Wildman–Crippen MR) is 154 cm³/mol. The number of nitrogens with one attached hydrogen (secondary N) is 2. The Balaban J connectivity index is 1.39. The third kappa shape index (κ3) is 5.68. The summed E-state index contributed by atoms with van der Waals surface area (Å²) in [6.07, 6.45) is 6.24. The quantitative estimate of drug-likeness (QED) is 0.392. The minimum atomic E-state index is -0.843. The molecule has 0 unspecified atom stereocenters. The molecule has 3 atom stereocenters. The van der Waals surface area contributed by atoms with Crippen molar-refractivity contribution in [3.8, 4) is 17.0 Å². The summed E-state index contributed by atoms with van der Waals surface area (Å²) in [5.74, 6) is 0.809. The van der Waals surface area contributed by atoms with E-state index in [0.29, 0.717) is 12.2 Å². The Bertz CT molecular complexity index is 1270. The first kappa shape index (κ1) is 27.2. The molecule has 5 rings (SSSR count). The SMILES string of the molecule is COc1cccc(NCC[C@@H]2CNCCN2C(=O)c2ncn([C@@H]3CCCC[C@]3(C)O)c2-c2ccccc2)c1C. The number of ether oxygens (including phenoxy) is 1. The molecule has 3 N–H and O–H groups in total. The summed E-state index contributed by atoms with van der Waals surface area (Å²) in [6.45, 7) is 6.81. The normalized spacial score (nSPS) is 23.4. The van der Waals surface area contributed by atoms with E-state index in [-0.39, 0.29) is 18.0 Å². The molecule has 2 aliphatic rings. The molecule has 1 aliphatic heterocycles. The van der Waals surface area contributed by atoms with Gasteiger partial charge in [0.05, 0.1) is 30.8 Å². The van der Waals surface area contributed by atoms with Gasteiger partial charge in [0.15, 0.2) is 5.69 Å². The summed E-state index contributed by atoms with van der Waals surface area (Å²) in [5, 5.41) is 18.3. The minimum absolute atomic E-state index is 0.0382. The summed E-state index contributed by atoms with van der Waals surface area (Å²) in [5.41, 5.74) is 3.49. The van der Waals surface area contributed by atoms with Crippen LogP contribution >= 0.6 is 0 Å². The van der Waals surface area contributed by atoms with Crippen LogP contribution in [0.4, 0.5) is 5.69 Å². The second-order valence-corrected chi connectivity index (χ2v) is 11.0. The van der Waals surface area contributed by atoms with E-state index in [1.165, 1.54) is 0 Å². The van der Waals surface area contributed by atoms with Gasteiger partial charge in [0.2, 0.25) is 0 Å². The van der Waals surface area contributed by atoms with Crippen LogP contribution in [0, 0.1) is 6.92 Å². The van der Waals surface area contributed by atoms with E-state index in [1.807, 2.05) is 61.2 Å². The summed E-state index contributed by atoms with van der Waals surface area (Å²) in [7, 11) is 1.68. The number of carbonyl (C=O) groups is 1. The molecule has 208 valence electrons. The van der Waals surface area contributed by atoms with Crippen LogP contribution in [0.25, 0.3) is 11.3 Å². The van der Waals surface area contributed by atoms with Crippen molar-refractivity contribution in [2.24, 2.45) is 0 Å². The van der Waals surface area contributed by atoms with E-state index in [2.05, 4.69) is 21.3 Å².